The highest BCUT2D eigenvalue weighted by Crippen LogP contribution is 2.35. The molecule has 0 aliphatic carbocycles. The second-order valence-electron chi connectivity index (χ2n) is 6.02. The van der Waals surface area contributed by atoms with Crippen LogP contribution >= 0.6 is 0 Å². The van der Waals surface area contributed by atoms with Crippen LogP contribution in [0.4, 0.5) is 18.9 Å². The first kappa shape index (κ1) is 20.2. The summed E-state index contributed by atoms with van der Waals surface area (Å²) in [5.41, 5.74) is -0.311. The number of hydrogen-bond donors (Lipinski definition) is 1. The summed E-state index contributed by atoms with van der Waals surface area (Å²) in [5, 5.41) is 6.08. The van der Waals surface area contributed by atoms with Crippen LogP contribution in [0.2, 0.25) is 0 Å². The highest BCUT2D eigenvalue weighted by atomic mass is 19.4. The van der Waals surface area contributed by atoms with Gasteiger partial charge < -0.3 is 19.3 Å². The molecule has 0 atom stereocenters. The third-order valence-corrected chi connectivity index (χ3v) is 4.08. The number of carbonyl (C=O) groups excluding carboxylic acids is 1. The summed E-state index contributed by atoms with van der Waals surface area (Å²) in [4.78, 5) is 12.2. The number of benzene rings is 2. The Hall–Kier alpha value is -3.49. The molecule has 0 fully saturated rings. The van der Waals surface area contributed by atoms with E-state index in [1.807, 2.05) is 0 Å². The number of anilines is 1. The average molecular weight is 406 g/mol. The number of methoxy groups -OCH3 is 2. The molecule has 29 heavy (non-hydrogen) atoms. The second kappa shape index (κ2) is 8.26. The Balaban J connectivity index is 1.74. The molecule has 1 heterocycles. The number of ether oxygens (including phenoxy) is 2. The summed E-state index contributed by atoms with van der Waals surface area (Å²) < 4.78 is 54.8. The van der Waals surface area contributed by atoms with Gasteiger partial charge in [0.05, 0.1) is 37.6 Å². The molecule has 2 aromatic carbocycles. The van der Waals surface area contributed by atoms with Crippen LogP contribution in [0, 0.1) is 0 Å². The normalized spacial score (nSPS) is 11.2. The van der Waals surface area contributed by atoms with Gasteiger partial charge in [0.25, 0.3) is 0 Å². The van der Waals surface area contributed by atoms with Gasteiger partial charge >= 0.3 is 6.18 Å². The van der Waals surface area contributed by atoms with E-state index in [0.29, 0.717) is 22.8 Å². The summed E-state index contributed by atoms with van der Waals surface area (Å²) in [6.45, 7) is 0. The molecule has 0 aliphatic rings. The lowest BCUT2D eigenvalue weighted by atomic mass is 10.1. The predicted molar refractivity (Wildman–Crippen MR) is 98.8 cm³/mol. The minimum absolute atomic E-state index is 0.247. The lowest BCUT2D eigenvalue weighted by Crippen LogP contribution is -2.18. The molecule has 0 aliphatic heterocycles. The fourth-order valence-corrected chi connectivity index (χ4v) is 2.72. The highest BCUT2D eigenvalue weighted by molar-refractivity contribution is 5.93. The van der Waals surface area contributed by atoms with Crippen LogP contribution in [0.3, 0.4) is 0 Å². The summed E-state index contributed by atoms with van der Waals surface area (Å²) in [6.07, 6.45) is -4.82. The minimum atomic E-state index is -4.57. The molecular weight excluding hydrogens is 389 g/mol. The SMILES string of the molecule is COc1ccc(-c2cc(CC(=O)Nc3ccccc3C(F)(F)F)no2)cc1OC. The first-order valence-electron chi connectivity index (χ1n) is 8.46. The van der Waals surface area contributed by atoms with Crippen molar-refractivity contribution in [3.63, 3.8) is 0 Å². The summed E-state index contributed by atoms with van der Waals surface area (Å²) in [7, 11) is 3.01. The molecule has 0 spiro atoms. The maximum atomic E-state index is 13.0. The summed E-state index contributed by atoms with van der Waals surface area (Å²) >= 11 is 0. The van der Waals surface area contributed by atoms with Gasteiger partial charge in [-0.3, -0.25) is 4.79 Å². The van der Waals surface area contributed by atoms with E-state index >= 15 is 0 Å². The molecule has 1 amide bonds. The maximum Gasteiger partial charge on any atom is 0.418 e. The van der Waals surface area contributed by atoms with Gasteiger partial charge in [-0.05, 0) is 30.3 Å². The van der Waals surface area contributed by atoms with Crippen LogP contribution in [-0.4, -0.2) is 25.3 Å². The van der Waals surface area contributed by atoms with Crippen LogP contribution in [0.5, 0.6) is 11.5 Å². The van der Waals surface area contributed by atoms with E-state index in [1.54, 1.807) is 18.2 Å². The molecule has 152 valence electrons. The molecule has 0 saturated heterocycles. The van der Waals surface area contributed by atoms with E-state index in [4.69, 9.17) is 14.0 Å². The topological polar surface area (TPSA) is 73.6 Å². The molecular formula is C20H17F3N2O4. The van der Waals surface area contributed by atoms with Crippen molar-refractivity contribution in [2.45, 2.75) is 12.6 Å². The highest BCUT2D eigenvalue weighted by Gasteiger charge is 2.33. The molecule has 6 nitrogen and oxygen atoms in total. The Morgan fingerprint density at radius 3 is 2.48 bits per heavy atom. The number of amides is 1. The zero-order valence-electron chi connectivity index (χ0n) is 15.5. The fourth-order valence-electron chi connectivity index (χ4n) is 2.72. The lowest BCUT2D eigenvalue weighted by molar-refractivity contribution is -0.137. The molecule has 1 aromatic heterocycles. The van der Waals surface area contributed by atoms with Crippen LogP contribution in [-0.2, 0) is 17.4 Å². The van der Waals surface area contributed by atoms with Gasteiger partial charge in [0.15, 0.2) is 17.3 Å². The van der Waals surface area contributed by atoms with Crippen molar-refractivity contribution in [1.82, 2.24) is 5.16 Å². The van der Waals surface area contributed by atoms with Crippen molar-refractivity contribution < 1.29 is 32.0 Å². The molecule has 0 saturated carbocycles. The molecule has 3 aromatic rings. The van der Waals surface area contributed by atoms with Crippen molar-refractivity contribution in [3.05, 3.63) is 59.8 Å². The van der Waals surface area contributed by atoms with Crippen LogP contribution in [0.25, 0.3) is 11.3 Å². The number of halogens is 3. The predicted octanol–water partition coefficient (Wildman–Crippen LogP) is 4.56. The number of nitrogens with one attached hydrogen (secondary N) is 1. The monoisotopic (exact) mass is 406 g/mol. The minimum Gasteiger partial charge on any atom is -0.493 e. The van der Waals surface area contributed by atoms with E-state index < -0.39 is 17.6 Å². The summed E-state index contributed by atoms with van der Waals surface area (Å²) in [6, 6.07) is 11.4. The largest absolute Gasteiger partial charge is 0.493 e. The maximum absolute atomic E-state index is 13.0. The quantitative estimate of drug-likeness (QED) is 0.650. The van der Waals surface area contributed by atoms with Gasteiger partial charge in [0.2, 0.25) is 5.91 Å². The third-order valence-electron chi connectivity index (χ3n) is 4.08. The standard InChI is InChI=1S/C20H17F3N2O4/c1-27-16-8-7-12(9-18(16)28-2)17-10-13(25-29-17)11-19(26)24-15-6-4-3-5-14(15)20(21,22)23/h3-10H,11H2,1-2H3,(H,24,26). The van der Waals surface area contributed by atoms with Gasteiger partial charge in [-0.1, -0.05) is 17.3 Å². The molecule has 0 bridgehead atoms. The zero-order valence-corrected chi connectivity index (χ0v) is 15.5. The Kier molecular flexibility index (Phi) is 5.76. The Morgan fingerprint density at radius 1 is 1.07 bits per heavy atom. The number of hydrogen-bond acceptors (Lipinski definition) is 5. The van der Waals surface area contributed by atoms with Gasteiger partial charge in [-0.15, -0.1) is 0 Å². The lowest BCUT2D eigenvalue weighted by Gasteiger charge is -2.13. The van der Waals surface area contributed by atoms with E-state index in [-0.39, 0.29) is 17.8 Å². The number of para-hydroxylation sites is 1. The molecule has 0 unspecified atom stereocenters. The molecule has 9 heteroatoms. The zero-order chi connectivity index (χ0) is 21.0. The van der Waals surface area contributed by atoms with Crippen molar-refractivity contribution in [1.29, 1.82) is 0 Å². The van der Waals surface area contributed by atoms with E-state index in [0.717, 1.165) is 6.07 Å². The number of nitrogens with zero attached hydrogens (tertiary/aromatic N) is 1. The van der Waals surface area contributed by atoms with Crippen LogP contribution < -0.4 is 14.8 Å². The molecule has 0 radical (unpaired) electrons. The van der Waals surface area contributed by atoms with Gasteiger partial charge in [0.1, 0.15) is 0 Å². The third kappa shape index (κ3) is 4.68. The molecule has 1 N–H and O–H groups in total. The van der Waals surface area contributed by atoms with Crippen molar-refractivity contribution in [2.75, 3.05) is 19.5 Å². The van der Waals surface area contributed by atoms with Crippen molar-refractivity contribution in [3.8, 4) is 22.8 Å². The van der Waals surface area contributed by atoms with Gasteiger partial charge in [0, 0.05) is 11.6 Å². The van der Waals surface area contributed by atoms with Crippen LogP contribution in [0.1, 0.15) is 11.3 Å². The van der Waals surface area contributed by atoms with E-state index in [2.05, 4.69) is 10.5 Å². The summed E-state index contributed by atoms with van der Waals surface area (Å²) in [5.74, 6) is 0.765. The van der Waals surface area contributed by atoms with Gasteiger partial charge in [-0.25, -0.2) is 0 Å². The first-order valence-corrected chi connectivity index (χ1v) is 8.46. The fraction of sp³-hybridized carbons (Fsp3) is 0.200. The molecule has 3 rings (SSSR count). The smallest absolute Gasteiger partial charge is 0.418 e. The first-order chi connectivity index (χ1) is 13.8. The van der Waals surface area contributed by atoms with Crippen molar-refractivity contribution >= 4 is 11.6 Å². The second-order valence-corrected chi connectivity index (χ2v) is 6.02. The van der Waals surface area contributed by atoms with Crippen LogP contribution in [0.15, 0.2) is 53.1 Å². The Bertz CT molecular complexity index is 1010. The Labute approximate surface area is 164 Å². The van der Waals surface area contributed by atoms with Gasteiger partial charge in [-0.2, -0.15) is 13.2 Å². The number of carbonyl (C=O) groups is 1. The number of aromatic nitrogens is 1. The van der Waals surface area contributed by atoms with E-state index in [1.165, 1.54) is 38.5 Å². The Morgan fingerprint density at radius 2 is 1.79 bits per heavy atom. The number of alkyl halides is 3. The van der Waals surface area contributed by atoms with E-state index in [9.17, 15) is 18.0 Å². The number of rotatable bonds is 6. The van der Waals surface area contributed by atoms with Crippen molar-refractivity contribution in [2.24, 2.45) is 0 Å². The average Bonchev–Trinajstić information content (AvgIpc) is 3.15.